The Bertz CT molecular complexity index is 488. The average molecular weight is 237 g/mol. The van der Waals surface area contributed by atoms with Crippen LogP contribution in [0, 0.1) is 0 Å². The molecule has 2 aromatic rings. The summed E-state index contributed by atoms with van der Waals surface area (Å²) in [6, 6.07) is 6.06. The van der Waals surface area contributed by atoms with E-state index in [1.165, 1.54) is 16.5 Å². The van der Waals surface area contributed by atoms with Gasteiger partial charge in [0.05, 0.1) is 0 Å². The lowest BCUT2D eigenvalue weighted by Crippen LogP contribution is -2.13. The molecule has 0 saturated heterocycles. The second kappa shape index (κ2) is 4.89. The Kier molecular flexibility index (Phi) is 3.52. The Hall–Kier alpha value is -0.990. The van der Waals surface area contributed by atoms with Gasteiger partial charge in [-0.2, -0.15) is 0 Å². The molecule has 1 aromatic carbocycles. The van der Waals surface area contributed by atoms with Crippen molar-refractivity contribution < 1.29 is 0 Å². The number of nitrogens with one attached hydrogen (secondary N) is 1. The molecule has 1 aromatic heterocycles. The maximum Gasteiger partial charge on any atom is 0.0495 e. The molecule has 16 heavy (non-hydrogen) atoms. The highest BCUT2D eigenvalue weighted by Gasteiger charge is 2.06. The zero-order chi connectivity index (χ0) is 11.5. The zero-order valence-corrected chi connectivity index (χ0v) is 10.5. The van der Waals surface area contributed by atoms with E-state index in [1.54, 1.807) is 0 Å². The summed E-state index contributed by atoms with van der Waals surface area (Å²) in [5.41, 5.74) is 2.53. The molecule has 0 saturated carbocycles. The Morgan fingerprint density at radius 2 is 2.19 bits per heavy atom. The van der Waals surface area contributed by atoms with Crippen LogP contribution in [0.25, 0.3) is 10.9 Å². The van der Waals surface area contributed by atoms with E-state index in [0.717, 1.165) is 24.5 Å². The molecule has 2 nitrogen and oxygen atoms in total. The average Bonchev–Trinajstić information content (AvgIpc) is 2.56. The van der Waals surface area contributed by atoms with Crippen LogP contribution in [0.15, 0.2) is 24.4 Å². The van der Waals surface area contributed by atoms with Crippen molar-refractivity contribution >= 4 is 22.5 Å². The monoisotopic (exact) mass is 236 g/mol. The van der Waals surface area contributed by atoms with Crippen molar-refractivity contribution in [2.24, 2.45) is 7.05 Å². The third kappa shape index (κ3) is 2.23. The minimum atomic E-state index is 0.793. The Balaban J connectivity index is 2.32. The minimum Gasteiger partial charge on any atom is -0.350 e. The molecule has 1 heterocycles. The lowest BCUT2D eigenvalue weighted by atomic mass is 10.2. The molecule has 86 valence electrons. The highest BCUT2D eigenvalue weighted by atomic mass is 35.5. The number of aryl methyl sites for hydroxylation is 1. The number of rotatable bonds is 4. The van der Waals surface area contributed by atoms with Crippen LogP contribution in [-0.2, 0) is 13.6 Å². The van der Waals surface area contributed by atoms with Gasteiger partial charge in [-0.3, -0.25) is 0 Å². The number of fused-ring (bicyclic) bond motifs is 1. The summed E-state index contributed by atoms with van der Waals surface area (Å²) in [4.78, 5) is 0. The smallest absolute Gasteiger partial charge is 0.0495 e. The highest BCUT2D eigenvalue weighted by molar-refractivity contribution is 6.31. The van der Waals surface area contributed by atoms with Gasteiger partial charge in [-0.15, -0.1) is 0 Å². The van der Waals surface area contributed by atoms with E-state index >= 15 is 0 Å². The van der Waals surface area contributed by atoms with Gasteiger partial charge >= 0.3 is 0 Å². The SMILES string of the molecule is CCCNCc1cn(C)c2cc(Cl)ccc12. The van der Waals surface area contributed by atoms with Gasteiger partial charge in [0.15, 0.2) is 0 Å². The van der Waals surface area contributed by atoms with Gasteiger partial charge < -0.3 is 9.88 Å². The Morgan fingerprint density at radius 3 is 2.94 bits per heavy atom. The molecular weight excluding hydrogens is 220 g/mol. The second-order valence-corrected chi connectivity index (χ2v) is 4.54. The predicted molar refractivity (Wildman–Crippen MR) is 69.9 cm³/mol. The van der Waals surface area contributed by atoms with Crippen LogP contribution >= 0.6 is 11.6 Å². The molecule has 0 aliphatic heterocycles. The maximum absolute atomic E-state index is 6.00. The zero-order valence-electron chi connectivity index (χ0n) is 9.76. The summed E-state index contributed by atoms with van der Waals surface area (Å²) < 4.78 is 2.13. The molecule has 0 bridgehead atoms. The summed E-state index contributed by atoms with van der Waals surface area (Å²) in [5.74, 6) is 0. The van der Waals surface area contributed by atoms with E-state index in [1.807, 2.05) is 12.1 Å². The number of hydrogen-bond acceptors (Lipinski definition) is 1. The van der Waals surface area contributed by atoms with E-state index in [4.69, 9.17) is 11.6 Å². The molecule has 3 heteroatoms. The molecular formula is C13H17ClN2. The normalized spacial score (nSPS) is 11.2. The fourth-order valence-electron chi connectivity index (χ4n) is 1.98. The molecule has 0 fully saturated rings. The molecule has 0 unspecified atom stereocenters. The summed E-state index contributed by atoms with van der Waals surface area (Å²) in [5, 5.41) is 5.51. The number of halogens is 1. The first-order valence-electron chi connectivity index (χ1n) is 5.66. The van der Waals surface area contributed by atoms with E-state index in [9.17, 15) is 0 Å². The number of aromatic nitrogens is 1. The first kappa shape index (κ1) is 11.5. The van der Waals surface area contributed by atoms with E-state index in [-0.39, 0.29) is 0 Å². The molecule has 0 amide bonds. The first-order valence-corrected chi connectivity index (χ1v) is 6.04. The van der Waals surface area contributed by atoms with Gasteiger partial charge in [-0.25, -0.2) is 0 Å². The van der Waals surface area contributed by atoms with Crippen molar-refractivity contribution in [3.05, 3.63) is 35.0 Å². The maximum atomic E-state index is 6.00. The van der Waals surface area contributed by atoms with Gasteiger partial charge in [0.25, 0.3) is 0 Å². The molecule has 0 radical (unpaired) electrons. The Morgan fingerprint density at radius 1 is 1.38 bits per heavy atom. The molecule has 1 N–H and O–H groups in total. The van der Waals surface area contributed by atoms with Gasteiger partial charge in [0, 0.05) is 35.7 Å². The van der Waals surface area contributed by atoms with E-state index < -0.39 is 0 Å². The predicted octanol–water partition coefficient (Wildman–Crippen LogP) is 3.33. The summed E-state index contributed by atoms with van der Waals surface area (Å²) in [6.07, 6.45) is 3.33. The lowest BCUT2D eigenvalue weighted by molar-refractivity contribution is 0.676. The summed E-state index contributed by atoms with van der Waals surface area (Å²) in [7, 11) is 2.06. The number of hydrogen-bond donors (Lipinski definition) is 1. The topological polar surface area (TPSA) is 17.0 Å². The number of benzene rings is 1. The van der Waals surface area contributed by atoms with Gasteiger partial charge in [-0.05, 0) is 30.7 Å². The Labute approximate surface area is 101 Å². The number of nitrogens with zero attached hydrogens (tertiary/aromatic N) is 1. The lowest BCUT2D eigenvalue weighted by Gasteiger charge is -2.01. The quantitative estimate of drug-likeness (QED) is 0.806. The summed E-state index contributed by atoms with van der Waals surface area (Å²) in [6.45, 7) is 4.16. The fraction of sp³-hybridized carbons (Fsp3) is 0.385. The molecule has 0 spiro atoms. The van der Waals surface area contributed by atoms with Crippen molar-refractivity contribution in [3.63, 3.8) is 0 Å². The third-order valence-electron chi connectivity index (χ3n) is 2.78. The van der Waals surface area contributed by atoms with Crippen molar-refractivity contribution in [2.75, 3.05) is 6.54 Å². The van der Waals surface area contributed by atoms with Crippen LogP contribution in [0.4, 0.5) is 0 Å². The van der Waals surface area contributed by atoms with E-state index in [2.05, 4.69) is 36.1 Å². The van der Waals surface area contributed by atoms with Crippen LogP contribution in [0.2, 0.25) is 5.02 Å². The van der Waals surface area contributed by atoms with Crippen LogP contribution in [0.3, 0.4) is 0 Å². The van der Waals surface area contributed by atoms with Crippen molar-refractivity contribution in [1.82, 2.24) is 9.88 Å². The van der Waals surface area contributed by atoms with Crippen LogP contribution in [-0.4, -0.2) is 11.1 Å². The molecule has 0 aliphatic carbocycles. The van der Waals surface area contributed by atoms with Crippen LogP contribution in [0.1, 0.15) is 18.9 Å². The third-order valence-corrected chi connectivity index (χ3v) is 3.01. The van der Waals surface area contributed by atoms with Gasteiger partial charge in [-0.1, -0.05) is 24.6 Å². The van der Waals surface area contributed by atoms with Crippen LogP contribution in [0.5, 0.6) is 0 Å². The second-order valence-electron chi connectivity index (χ2n) is 4.10. The fourth-order valence-corrected chi connectivity index (χ4v) is 2.15. The standard InChI is InChI=1S/C13H17ClN2/c1-3-6-15-8-10-9-16(2)13-7-11(14)4-5-12(10)13/h4-5,7,9,15H,3,6,8H2,1-2H3. The van der Waals surface area contributed by atoms with Crippen molar-refractivity contribution in [2.45, 2.75) is 19.9 Å². The van der Waals surface area contributed by atoms with Gasteiger partial charge in [0.2, 0.25) is 0 Å². The highest BCUT2D eigenvalue weighted by Crippen LogP contribution is 2.23. The van der Waals surface area contributed by atoms with Crippen molar-refractivity contribution in [1.29, 1.82) is 0 Å². The van der Waals surface area contributed by atoms with Crippen LogP contribution < -0.4 is 5.32 Å². The first-order chi connectivity index (χ1) is 7.72. The van der Waals surface area contributed by atoms with Crippen molar-refractivity contribution in [3.8, 4) is 0 Å². The molecule has 2 rings (SSSR count). The largest absolute Gasteiger partial charge is 0.350 e. The molecule has 0 atom stereocenters. The summed E-state index contributed by atoms with van der Waals surface area (Å²) >= 11 is 6.00. The van der Waals surface area contributed by atoms with Gasteiger partial charge in [0.1, 0.15) is 0 Å². The van der Waals surface area contributed by atoms with E-state index in [0.29, 0.717) is 0 Å². The minimum absolute atomic E-state index is 0.793. The molecule has 0 aliphatic rings.